The van der Waals surface area contributed by atoms with Crippen molar-refractivity contribution < 1.29 is 23.1 Å². The normalized spacial score (nSPS) is 18.5. The van der Waals surface area contributed by atoms with Crippen LogP contribution in [0.15, 0.2) is 0 Å². The average Bonchev–Trinajstić information content (AvgIpc) is 2.61. The molecular weight excluding hydrogens is 298 g/mol. The molecule has 0 radical (unpaired) electrons. The number of aliphatic carboxylic acids is 1. The second-order valence-corrected chi connectivity index (χ2v) is 7.21. The van der Waals surface area contributed by atoms with Crippen LogP contribution in [0.4, 0.5) is 4.79 Å². The minimum Gasteiger partial charge on any atom is -0.481 e. The smallest absolute Gasteiger partial charge is 0.314 e. The third-order valence-electron chi connectivity index (χ3n) is 3.77. The Bertz CT molecular complexity index is 469. The quantitative estimate of drug-likeness (QED) is 0.510. The number of primary sulfonamides is 1. The molecule has 0 atom stereocenters. The van der Waals surface area contributed by atoms with Gasteiger partial charge in [0.2, 0.25) is 10.0 Å². The van der Waals surface area contributed by atoms with E-state index in [1.807, 2.05) is 0 Å². The van der Waals surface area contributed by atoms with Gasteiger partial charge < -0.3 is 15.7 Å². The molecule has 1 aliphatic rings. The fourth-order valence-electron chi connectivity index (χ4n) is 2.49. The van der Waals surface area contributed by atoms with Gasteiger partial charge in [-0.15, -0.1) is 0 Å². The minimum absolute atomic E-state index is 0.0452. The Kier molecular flexibility index (Phi) is 6.41. The van der Waals surface area contributed by atoms with Crippen molar-refractivity contribution in [2.75, 3.05) is 18.8 Å². The number of carbonyl (C=O) groups excluding carboxylic acids is 1. The first-order chi connectivity index (χ1) is 9.75. The molecule has 0 aromatic rings. The summed E-state index contributed by atoms with van der Waals surface area (Å²) in [6.07, 6.45) is 4.77. The van der Waals surface area contributed by atoms with Crippen molar-refractivity contribution >= 4 is 22.0 Å². The number of sulfonamides is 1. The third kappa shape index (κ3) is 6.30. The number of nitrogens with one attached hydrogen (secondary N) is 2. The fourth-order valence-corrected chi connectivity index (χ4v) is 2.88. The molecule has 1 fully saturated rings. The number of nitrogens with two attached hydrogens (primary N) is 1. The lowest BCUT2D eigenvalue weighted by Crippen LogP contribution is -2.47. The van der Waals surface area contributed by atoms with Gasteiger partial charge in [-0.1, -0.05) is 25.7 Å². The molecule has 0 aromatic carbocycles. The number of carbonyl (C=O) groups is 2. The van der Waals surface area contributed by atoms with Crippen LogP contribution in [0.3, 0.4) is 0 Å². The van der Waals surface area contributed by atoms with Gasteiger partial charge in [-0.05, 0) is 12.8 Å². The molecule has 9 heteroatoms. The Hall–Kier alpha value is -1.35. The molecule has 0 aromatic heterocycles. The molecule has 0 saturated heterocycles. The number of rotatable bonds is 6. The molecule has 21 heavy (non-hydrogen) atoms. The number of carboxylic acids is 1. The highest BCUT2D eigenvalue weighted by molar-refractivity contribution is 7.89. The minimum atomic E-state index is -3.62. The molecule has 1 aliphatic carbocycles. The lowest BCUT2D eigenvalue weighted by Gasteiger charge is -2.28. The zero-order valence-electron chi connectivity index (χ0n) is 11.9. The van der Waals surface area contributed by atoms with E-state index < -0.39 is 27.4 Å². The van der Waals surface area contributed by atoms with Crippen molar-refractivity contribution in [3.05, 3.63) is 0 Å². The molecule has 122 valence electrons. The van der Waals surface area contributed by atoms with Crippen LogP contribution in [-0.2, 0) is 14.8 Å². The summed E-state index contributed by atoms with van der Waals surface area (Å²) in [5, 5.41) is 19.1. The Morgan fingerprint density at radius 1 is 1.10 bits per heavy atom. The van der Waals surface area contributed by atoms with E-state index in [-0.39, 0.29) is 18.8 Å². The van der Waals surface area contributed by atoms with Gasteiger partial charge in [0.1, 0.15) is 0 Å². The summed E-state index contributed by atoms with van der Waals surface area (Å²) in [4.78, 5) is 23.1. The predicted molar refractivity (Wildman–Crippen MR) is 77.1 cm³/mol. The zero-order valence-corrected chi connectivity index (χ0v) is 12.7. The summed E-state index contributed by atoms with van der Waals surface area (Å²) in [5.41, 5.74) is -0.923. The van der Waals surface area contributed by atoms with Crippen LogP contribution in [-0.4, -0.2) is 44.4 Å². The first kappa shape index (κ1) is 17.7. The fraction of sp³-hybridized carbons (Fsp3) is 0.833. The van der Waals surface area contributed by atoms with Crippen LogP contribution in [0.25, 0.3) is 0 Å². The number of hydrogen-bond donors (Lipinski definition) is 4. The second kappa shape index (κ2) is 7.60. The molecule has 8 nitrogen and oxygen atoms in total. The molecule has 0 unspecified atom stereocenters. The van der Waals surface area contributed by atoms with Crippen LogP contribution >= 0.6 is 0 Å². The molecule has 0 bridgehead atoms. The highest BCUT2D eigenvalue weighted by atomic mass is 32.2. The Balaban J connectivity index is 2.46. The van der Waals surface area contributed by atoms with E-state index in [4.69, 9.17) is 5.14 Å². The van der Waals surface area contributed by atoms with Crippen molar-refractivity contribution in [2.24, 2.45) is 10.6 Å². The first-order valence-electron chi connectivity index (χ1n) is 7.01. The second-order valence-electron chi connectivity index (χ2n) is 5.48. The molecule has 2 amide bonds. The van der Waals surface area contributed by atoms with Gasteiger partial charge in [-0.2, -0.15) is 0 Å². The molecule has 1 rings (SSSR count). The number of amides is 2. The predicted octanol–water partition coefficient (Wildman–Crippen LogP) is -0.000700. The van der Waals surface area contributed by atoms with E-state index >= 15 is 0 Å². The molecule has 5 N–H and O–H groups in total. The van der Waals surface area contributed by atoms with Crippen LogP contribution < -0.4 is 15.8 Å². The van der Waals surface area contributed by atoms with Gasteiger partial charge in [0, 0.05) is 13.1 Å². The Labute approximate surface area is 124 Å². The Morgan fingerprint density at radius 2 is 1.67 bits per heavy atom. The van der Waals surface area contributed by atoms with Gasteiger partial charge >= 0.3 is 12.0 Å². The lowest BCUT2D eigenvalue weighted by atomic mass is 9.80. The average molecular weight is 321 g/mol. The van der Waals surface area contributed by atoms with E-state index in [1.54, 1.807) is 0 Å². The standard InChI is InChI=1S/C12H23N3O5S/c13-21(19,20)8-7-14-11(18)15-9-12(10(16)17)5-3-1-2-4-6-12/h1-9H2,(H,16,17)(H2,13,19,20)(H2,14,15,18). The van der Waals surface area contributed by atoms with Crippen molar-refractivity contribution in [1.82, 2.24) is 10.6 Å². The number of carboxylic acid groups (broad SMARTS) is 1. The van der Waals surface area contributed by atoms with Crippen LogP contribution in [0.2, 0.25) is 0 Å². The zero-order chi connectivity index (χ0) is 15.9. The highest BCUT2D eigenvalue weighted by Gasteiger charge is 2.38. The van der Waals surface area contributed by atoms with Crippen molar-refractivity contribution in [3.8, 4) is 0 Å². The lowest BCUT2D eigenvalue weighted by molar-refractivity contribution is -0.149. The molecule has 1 saturated carbocycles. The molecule has 0 heterocycles. The highest BCUT2D eigenvalue weighted by Crippen LogP contribution is 2.34. The maximum Gasteiger partial charge on any atom is 0.314 e. The first-order valence-corrected chi connectivity index (χ1v) is 8.72. The van der Waals surface area contributed by atoms with Crippen LogP contribution in [0.1, 0.15) is 38.5 Å². The summed E-state index contributed by atoms with van der Waals surface area (Å²) < 4.78 is 21.4. The summed E-state index contributed by atoms with van der Waals surface area (Å²) in [6.45, 7) is -0.0612. The Morgan fingerprint density at radius 3 is 2.14 bits per heavy atom. The molecule has 0 aliphatic heterocycles. The van der Waals surface area contributed by atoms with Crippen LogP contribution in [0.5, 0.6) is 0 Å². The van der Waals surface area contributed by atoms with Gasteiger partial charge in [0.15, 0.2) is 0 Å². The SMILES string of the molecule is NS(=O)(=O)CCNC(=O)NCC1(C(=O)O)CCCCCC1. The molecule has 0 spiro atoms. The molecular formula is C12H23N3O5S. The summed E-state index contributed by atoms with van der Waals surface area (Å²) in [6, 6.07) is -0.580. The summed E-state index contributed by atoms with van der Waals surface area (Å²) in [7, 11) is -3.62. The topological polar surface area (TPSA) is 139 Å². The van der Waals surface area contributed by atoms with Crippen molar-refractivity contribution in [3.63, 3.8) is 0 Å². The van der Waals surface area contributed by atoms with E-state index in [0.717, 1.165) is 25.7 Å². The van der Waals surface area contributed by atoms with Crippen molar-refractivity contribution in [2.45, 2.75) is 38.5 Å². The van der Waals surface area contributed by atoms with Gasteiger partial charge in [-0.25, -0.2) is 18.4 Å². The van der Waals surface area contributed by atoms with E-state index in [9.17, 15) is 23.1 Å². The maximum atomic E-state index is 11.6. The van der Waals surface area contributed by atoms with Gasteiger partial charge in [0.05, 0.1) is 11.2 Å². The van der Waals surface area contributed by atoms with Gasteiger partial charge in [-0.3, -0.25) is 4.79 Å². The third-order valence-corrected chi connectivity index (χ3v) is 4.55. The van der Waals surface area contributed by atoms with E-state index in [2.05, 4.69) is 10.6 Å². The van der Waals surface area contributed by atoms with E-state index in [0.29, 0.717) is 12.8 Å². The monoisotopic (exact) mass is 321 g/mol. The van der Waals surface area contributed by atoms with Crippen molar-refractivity contribution in [1.29, 1.82) is 0 Å². The van der Waals surface area contributed by atoms with Crippen LogP contribution in [0, 0.1) is 5.41 Å². The van der Waals surface area contributed by atoms with Gasteiger partial charge in [0.25, 0.3) is 0 Å². The summed E-state index contributed by atoms with van der Waals surface area (Å²) >= 11 is 0. The number of urea groups is 1. The largest absolute Gasteiger partial charge is 0.481 e. The summed E-state index contributed by atoms with van der Waals surface area (Å²) in [5.74, 6) is -1.25. The number of hydrogen-bond acceptors (Lipinski definition) is 4. The van der Waals surface area contributed by atoms with E-state index in [1.165, 1.54) is 0 Å². The maximum absolute atomic E-state index is 11.6.